The molecule has 0 aliphatic heterocycles. The summed E-state index contributed by atoms with van der Waals surface area (Å²) in [5.41, 5.74) is 0.785. The standard InChI is InChI=1S/C16H22ClF3O/c1-5-15(4,10-13-6-8-14(17)9-7-13)11(2)12(3)21-16(18,19)20/h6-9,11-12H,5,10H2,1-4H3/t11-,12-,15-/m0/s1. The highest BCUT2D eigenvalue weighted by Crippen LogP contribution is 2.39. The Kier molecular flexibility index (Phi) is 6.11. The molecule has 0 spiro atoms. The molecule has 5 heteroatoms. The zero-order valence-corrected chi connectivity index (χ0v) is 13.6. The Morgan fingerprint density at radius 1 is 1.14 bits per heavy atom. The van der Waals surface area contributed by atoms with Crippen LogP contribution in [-0.4, -0.2) is 12.5 Å². The molecule has 0 aliphatic carbocycles. The van der Waals surface area contributed by atoms with Crippen LogP contribution in [0.4, 0.5) is 13.2 Å². The van der Waals surface area contributed by atoms with Crippen LogP contribution >= 0.6 is 11.6 Å². The van der Waals surface area contributed by atoms with E-state index in [9.17, 15) is 13.2 Å². The van der Waals surface area contributed by atoms with Gasteiger partial charge < -0.3 is 0 Å². The second-order valence-electron chi connectivity index (χ2n) is 5.87. The number of hydrogen-bond donors (Lipinski definition) is 0. The third-order valence-electron chi connectivity index (χ3n) is 4.45. The third kappa shape index (κ3) is 5.51. The fourth-order valence-electron chi connectivity index (χ4n) is 2.56. The van der Waals surface area contributed by atoms with Gasteiger partial charge in [0.25, 0.3) is 0 Å². The summed E-state index contributed by atoms with van der Waals surface area (Å²) in [6.07, 6.45) is -4.03. The molecule has 0 unspecified atom stereocenters. The van der Waals surface area contributed by atoms with Crippen LogP contribution < -0.4 is 0 Å². The maximum atomic E-state index is 12.4. The van der Waals surface area contributed by atoms with Gasteiger partial charge in [-0.2, -0.15) is 0 Å². The first-order valence-corrected chi connectivity index (χ1v) is 7.44. The van der Waals surface area contributed by atoms with Crippen LogP contribution in [0.25, 0.3) is 0 Å². The fourth-order valence-corrected chi connectivity index (χ4v) is 2.68. The van der Waals surface area contributed by atoms with Gasteiger partial charge in [0.05, 0.1) is 6.10 Å². The van der Waals surface area contributed by atoms with Gasteiger partial charge in [-0.1, -0.05) is 50.9 Å². The van der Waals surface area contributed by atoms with Crippen LogP contribution in [0.5, 0.6) is 0 Å². The lowest BCUT2D eigenvalue weighted by atomic mass is 9.70. The van der Waals surface area contributed by atoms with Crippen LogP contribution in [0, 0.1) is 11.3 Å². The van der Waals surface area contributed by atoms with Crippen molar-refractivity contribution in [2.75, 3.05) is 0 Å². The normalized spacial score (nSPS) is 18.1. The first-order chi connectivity index (χ1) is 9.57. The molecular formula is C16H22ClF3O. The van der Waals surface area contributed by atoms with E-state index in [2.05, 4.69) is 4.74 Å². The Labute approximate surface area is 129 Å². The number of ether oxygens (including phenoxy) is 1. The molecule has 0 amide bonds. The summed E-state index contributed by atoms with van der Waals surface area (Å²) in [6.45, 7) is 7.29. The molecule has 120 valence electrons. The Balaban J connectivity index is 2.84. The molecule has 0 heterocycles. The lowest BCUT2D eigenvalue weighted by Crippen LogP contribution is -2.38. The highest BCUT2D eigenvalue weighted by Gasteiger charge is 2.39. The summed E-state index contributed by atoms with van der Waals surface area (Å²) in [7, 11) is 0. The van der Waals surface area contributed by atoms with Gasteiger partial charge in [0.15, 0.2) is 0 Å². The zero-order valence-electron chi connectivity index (χ0n) is 12.8. The molecule has 1 nitrogen and oxygen atoms in total. The molecule has 0 fully saturated rings. The number of alkyl halides is 3. The van der Waals surface area contributed by atoms with Crippen molar-refractivity contribution in [1.29, 1.82) is 0 Å². The quantitative estimate of drug-likeness (QED) is 0.637. The van der Waals surface area contributed by atoms with Gasteiger partial charge in [0, 0.05) is 5.02 Å². The molecule has 0 aliphatic rings. The fraction of sp³-hybridized carbons (Fsp3) is 0.625. The number of hydrogen-bond acceptors (Lipinski definition) is 1. The number of halogens is 4. The Bertz CT molecular complexity index is 444. The maximum absolute atomic E-state index is 12.4. The average molecular weight is 323 g/mol. The molecule has 0 N–H and O–H groups in total. The molecule has 3 atom stereocenters. The van der Waals surface area contributed by atoms with E-state index in [-0.39, 0.29) is 11.3 Å². The first-order valence-electron chi connectivity index (χ1n) is 7.06. The van der Waals surface area contributed by atoms with E-state index < -0.39 is 12.5 Å². The molecule has 0 bridgehead atoms. The Hall–Kier alpha value is -0.740. The summed E-state index contributed by atoms with van der Waals surface area (Å²) in [5, 5.41) is 0.652. The first kappa shape index (κ1) is 18.3. The Morgan fingerprint density at radius 3 is 2.10 bits per heavy atom. The summed E-state index contributed by atoms with van der Waals surface area (Å²) in [4.78, 5) is 0. The molecule has 1 rings (SSSR count). The minimum absolute atomic E-state index is 0.236. The van der Waals surface area contributed by atoms with E-state index in [0.717, 1.165) is 12.0 Å². The topological polar surface area (TPSA) is 9.23 Å². The van der Waals surface area contributed by atoms with E-state index in [1.165, 1.54) is 6.92 Å². The molecule has 0 aromatic heterocycles. The molecule has 21 heavy (non-hydrogen) atoms. The van der Waals surface area contributed by atoms with Gasteiger partial charge in [-0.15, -0.1) is 13.2 Å². The predicted molar refractivity (Wildman–Crippen MR) is 79.3 cm³/mol. The number of benzene rings is 1. The smallest absolute Gasteiger partial charge is 0.289 e. The summed E-state index contributed by atoms with van der Waals surface area (Å²) in [5.74, 6) is -0.236. The molecule has 0 saturated heterocycles. The van der Waals surface area contributed by atoms with Crippen molar-refractivity contribution in [1.82, 2.24) is 0 Å². The SMILES string of the molecule is CC[C@@](C)(Cc1ccc(Cl)cc1)[C@@H](C)[C@H](C)OC(F)(F)F. The van der Waals surface area contributed by atoms with Gasteiger partial charge in [-0.05, 0) is 42.4 Å². The van der Waals surface area contributed by atoms with Crippen LogP contribution in [0.15, 0.2) is 24.3 Å². The second-order valence-corrected chi connectivity index (χ2v) is 6.30. The van der Waals surface area contributed by atoms with Crippen molar-refractivity contribution in [2.45, 2.75) is 53.0 Å². The highest BCUT2D eigenvalue weighted by atomic mass is 35.5. The minimum Gasteiger partial charge on any atom is -0.289 e. The summed E-state index contributed by atoms with van der Waals surface area (Å²) in [6, 6.07) is 7.43. The third-order valence-corrected chi connectivity index (χ3v) is 4.70. The van der Waals surface area contributed by atoms with Crippen LogP contribution in [0.3, 0.4) is 0 Å². The van der Waals surface area contributed by atoms with E-state index in [1.807, 2.05) is 32.9 Å². The van der Waals surface area contributed by atoms with Gasteiger partial charge in [-0.3, -0.25) is 4.74 Å². The Morgan fingerprint density at radius 2 is 1.67 bits per heavy atom. The molecule has 1 aromatic rings. The zero-order chi connectivity index (χ0) is 16.3. The predicted octanol–water partition coefficient (Wildman–Crippen LogP) is 5.86. The van der Waals surface area contributed by atoms with Crippen molar-refractivity contribution in [3.63, 3.8) is 0 Å². The lowest BCUT2D eigenvalue weighted by Gasteiger charge is -2.38. The largest absolute Gasteiger partial charge is 0.522 e. The molecule has 1 aromatic carbocycles. The maximum Gasteiger partial charge on any atom is 0.522 e. The van der Waals surface area contributed by atoms with Gasteiger partial charge in [0.2, 0.25) is 0 Å². The van der Waals surface area contributed by atoms with Crippen LogP contribution in [0.2, 0.25) is 5.02 Å². The minimum atomic E-state index is -4.59. The van der Waals surface area contributed by atoms with Crippen molar-refractivity contribution >= 4 is 11.6 Å². The van der Waals surface area contributed by atoms with Gasteiger partial charge >= 0.3 is 6.36 Å². The van der Waals surface area contributed by atoms with Gasteiger partial charge in [0.1, 0.15) is 0 Å². The van der Waals surface area contributed by atoms with Crippen LogP contribution in [0.1, 0.15) is 39.7 Å². The van der Waals surface area contributed by atoms with E-state index in [4.69, 9.17) is 11.6 Å². The van der Waals surface area contributed by atoms with Crippen LogP contribution in [-0.2, 0) is 11.2 Å². The van der Waals surface area contributed by atoms with Crippen molar-refractivity contribution < 1.29 is 17.9 Å². The van der Waals surface area contributed by atoms with E-state index >= 15 is 0 Å². The lowest BCUT2D eigenvalue weighted by molar-refractivity contribution is -0.348. The monoisotopic (exact) mass is 322 g/mol. The summed E-state index contributed by atoms with van der Waals surface area (Å²) >= 11 is 5.86. The van der Waals surface area contributed by atoms with E-state index in [1.54, 1.807) is 12.1 Å². The summed E-state index contributed by atoms with van der Waals surface area (Å²) < 4.78 is 41.4. The van der Waals surface area contributed by atoms with Crippen molar-refractivity contribution in [2.24, 2.45) is 11.3 Å². The van der Waals surface area contributed by atoms with E-state index in [0.29, 0.717) is 11.4 Å². The molecule has 0 radical (unpaired) electrons. The van der Waals surface area contributed by atoms with Crippen molar-refractivity contribution in [3.8, 4) is 0 Å². The van der Waals surface area contributed by atoms with Gasteiger partial charge in [-0.25, -0.2) is 0 Å². The number of rotatable bonds is 6. The second kappa shape index (κ2) is 7.01. The van der Waals surface area contributed by atoms with Crippen molar-refractivity contribution in [3.05, 3.63) is 34.9 Å². The average Bonchev–Trinajstić information content (AvgIpc) is 2.38. The molecule has 0 saturated carbocycles. The molecular weight excluding hydrogens is 301 g/mol. The highest BCUT2D eigenvalue weighted by molar-refractivity contribution is 6.30.